The van der Waals surface area contributed by atoms with Crippen molar-refractivity contribution in [2.24, 2.45) is 5.92 Å². The van der Waals surface area contributed by atoms with Gasteiger partial charge in [-0.1, -0.05) is 26.0 Å². The van der Waals surface area contributed by atoms with E-state index in [4.69, 9.17) is 9.47 Å². The van der Waals surface area contributed by atoms with Crippen LogP contribution in [0.3, 0.4) is 0 Å². The van der Waals surface area contributed by atoms with Crippen molar-refractivity contribution in [3.05, 3.63) is 42.2 Å². The molecule has 1 aliphatic rings. The SMILES string of the molecule is CC(C)COc1cncc(N2CCOC(c3ccc(OC(F)F)cc3)C2)n1. The number of hydrogen-bond donors (Lipinski definition) is 0. The number of aromatic nitrogens is 2. The number of morpholine rings is 1. The fourth-order valence-electron chi connectivity index (χ4n) is 2.74. The Bertz CT molecular complexity index is 728. The third-order valence-electron chi connectivity index (χ3n) is 4.03. The summed E-state index contributed by atoms with van der Waals surface area (Å²) in [5.74, 6) is 1.75. The van der Waals surface area contributed by atoms with E-state index in [1.165, 1.54) is 12.1 Å². The molecule has 1 atom stereocenters. The van der Waals surface area contributed by atoms with Crippen LogP contribution in [0.15, 0.2) is 36.7 Å². The second-order valence-corrected chi connectivity index (χ2v) is 6.67. The molecule has 0 spiro atoms. The maximum atomic E-state index is 12.3. The summed E-state index contributed by atoms with van der Waals surface area (Å²) >= 11 is 0. The zero-order valence-electron chi connectivity index (χ0n) is 15.3. The Morgan fingerprint density at radius 1 is 1.22 bits per heavy atom. The summed E-state index contributed by atoms with van der Waals surface area (Å²) in [7, 11) is 0. The lowest BCUT2D eigenvalue weighted by Crippen LogP contribution is -2.39. The van der Waals surface area contributed by atoms with E-state index in [9.17, 15) is 8.78 Å². The molecule has 146 valence electrons. The molecular formula is C19H23F2N3O3. The summed E-state index contributed by atoms with van der Waals surface area (Å²) < 4.78 is 40.4. The highest BCUT2D eigenvalue weighted by Crippen LogP contribution is 2.27. The first-order chi connectivity index (χ1) is 13.0. The van der Waals surface area contributed by atoms with Gasteiger partial charge < -0.3 is 19.1 Å². The molecule has 0 radical (unpaired) electrons. The van der Waals surface area contributed by atoms with E-state index in [2.05, 4.69) is 33.5 Å². The van der Waals surface area contributed by atoms with Gasteiger partial charge in [-0.2, -0.15) is 13.8 Å². The fourth-order valence-corrected chi connectivity index (χ4v) is 2.74. The number of benzene rings is 1. The van der Waals surface area contributed by atoms with E-state index in [1.807, 2.05) is 0 Å². The quantitative estimate of drug-likeness (QED) is 0.731. The van der Waals surface area contributed by atoms with Crippen LogP contribution in [0, 0.1) is 5.92 Å². The van der Waals surface area contributed by atoms with Crippen molar-refractivity contribution in [3.8, 4) is 11.6 Å². The predicted molar refractivity (Wildman–Crippen MR) is 96.3 cm³/mol. The van der Waals surface area contributed by atoms with Crippen LogP contribution in [0.25, 0.3) is 0 Å². The van der Waals surface area contributed by atoms with Gasteiger partial charge in [0.1, 0.15) is 11.9 Å². The Hall–Kier alpha value is -2.48. The predicted octanol–water partition coefficient (Wildman–Crippen LogP) is 3.69. The normalized spacial score (nSPS) is 17.4. The molecule has 8 heteroatoms. The van der Waals surface area contributed by atoms with Gasteiger partial charge in [0.25, 0.3) is 0 Å². The Balaban J connectivity index is 1.66. The number of halogens is 2. The molecule has 1 aliphatic heterocycles. The summed E-state index contributed by atoms with van der Waals surface area (Å²) in [5, 5.41) is 0. The average Bonchev–Trinajstić information content (AvgIpc) is 2.67. The van der Waals surface area contributed by atoms with Crippen LogP contribution in [0.4, 0.5) is 14.6 Å². The highest BCUT2D eigenvalue weighted by molar-refractivity contribution is 5.39. The molecule has 1 saturated heterocycles. The Kier molecular flexibility index (Phi) is 6.39. The highest BCUT2D eigenvalue weighted by atomic mass is 19.3. The van der Waals surface area contributed by atoms with Gasteiger partial charge in [-0.05, 0) is 23.6 Å². The van der Waals surface area contributed by atoms with Crippen LogP contribution in [-0.4, -0.2) is 42.9 Å². The number of rotatable bonds is 7. The summed E-state index contributed by atoms with van der Waals surface area (Å²) in [6.07, 6.45) is 3.11. The summed E-state index contributed by atoms with van der Waals surface area (Å²) in [6, 6.07) is 6.51. The molecule has 0 bridgehead atoms. The van der Waals surface area contributed by atoms with Crippen molar-refractivity contribution in [3.63, 3.8) is 0 Å². The molecule has 2 heterocycles. The molecule has 3 rings (SSSR count). The molecule has 0 aliphatic carbocycles. The second kappa shape index (κ2) is 8.94. The van der Waals surface area contributed by atoms with Crippen molar-refractivity contribution < 1.29 is 23.0 Å². The molecule has 0 saturated carbocycles. The molecule has 6 nitrogen and oxygen atoms in total. The Morgan fingerprint density at radius 2 is 2.00 bits per heavy atom. The molecule has 0 N–H and O–H groups in total. The van der Waals surface area contributed by atoms with Crippen LogP contribution < -0.4 is 14.4 Å². The lowest BCUT2D eigenvalue weighted by molar-refractivity contribution is -0.0498. The van der Waals surface area contributed by atoms with Crippen molar-refractivity contribution in [1.29, 1.82) is 0 Å². The first-order valence-electron chi connectivity index (χ1n) is 8.87. The van der Waals surface area contributed by atoms with E-state index in [-0.39, 0.29) is 11.9 Å². The molecule has 1 aromatic carbocycles. The first kappa shape index (κ1) is 19.3. The van der Waals surface area contributed by atoms with Gasteiger partial charge in [0.05, 0.1) is 25.6 Å². The third kappa shape index (κ3) is 5.50. The smallest absolute Gasteiger partial charge is 0.387 e. The minimum Gasteiger partial charge on any atom is -0.476 e. The maximum Gasteiger partial charge on any atom is 0.387 e. The summed E-state index contributed by atoms with van der Waals surface area (Å²) in [4.78, 5) is 10.8. The van der Waals surface area contributed by atoms with Crippen LogP contribution >= 0.6 is 0 Å². The van der Waals surface area contributed by atoms with Gasteiger partial charge in [-0.25, -0.2) is 0 Å². The molecule has 1 unspecified atom stereocenters. The second-order valence-electron chi connectivity index (χ2n) is 6.67. The zero-order chi connectivity index (χ0) is 19.2. The molecule has 2 aromatic rings. The maximum absolute atomic E-state index is 12.3. The molecule has 27 heavy (non-hydrogen) atoms. The van der Waals surface area contributed by atoms with E-state index >= 15 is 0 Å². The average molecular weight is 379 g/mol. The highest BCUT2D eigenvalue weighted by Gasteiger charge is 2.23. The lowest BCUT2D eigenvalue weighted by atomic mass is 10.1. The number of anilines is 1. The van der Waals surface area contributed by atoms with Gasteiger partial charge >= 0.3 is 6.61 Å². The van der Waals surface area contributed by atoms with Crippen LogP contribution in [-0.2, 0) is 4.74 Å². The topological polar surface area (TPSA) is 56.7 Å². The van der Waals surface area contributed by atoms with Gasteiger partial charge in [-0.15, -0.1) is 0 Å². The standard InChI is InChI=1S/C19H23F2N3O3/c1-13(2)12-26-18-10-22-9-17(23-18)24-7-8-25-16(11-24)14-3-5-15(6-4-14)27-19(20)21/h3-6,9-10,13,16,19H,7-8,11-12H2,1-2H3. The number of alkyl halides is 2. The number of hydrogen-bond acceptors (Lipinski definition) is 6. The Labute approximate surface area is 157 Å². The van der Waals surface area contributed by atoms with Crippen LogP contribution in [0.1, 0.15) is 25.5 Å². The molecule has 1 aromatic heterocycles. The van der Waals surface area contributed by atoms with E-state index in [1.54, 1.807) is 24.5 Å². The van der Waals surface area contributed by atoms with Gasteiger partial charge in [0.2, 0.25) is 5.88 Å². The van der Waals surface area contributed by atoms with Crippen molar-refractivity contribution in [2.75, 3.05) is 31.2 Å². The van der Waals surface area contributed by atoms with E-state index in [0.29, 0.717) is 38.1 Å². The Morgan fingerprint density at radius 3 is 2.70 bits per heavy atom. The summed E-state index contributed by atoms with van der Waals surface area (Å²) in [5.41, 5.74) is 0.890. The fraction of sp³-hybridized carbons (Fsp3) is 0.474. The summed E-state index contributed by atoms with van der Waals surface area (Å²) in [6.45, 7) is 3.68. The molecule has 1 fully saturated rings. The van der Waals surface area contributed by atoms with Crippen molar-refractivity contribution >= 4 is 5.82 Å². The van der Waals surface area contributed by atoms with Crippen LogP contribution in [0.2, 0.25) is 0 Å². The number of ether oxygens (including phenoxy) is 3. The van der Waals surface area contributed by atoms with E-state index in [0.717, 1.165) is 11.4 Å². The van der Waals surface area contributed by atoms with Gasteiger partial charge in [0, 0.05) is 13.1 Å². The third-order valence-corrected chi connectivity index (χ3v) is 4.03. The van der Waals surface area contributed by atoms with Crippen molar-refractivity contribution in [2.45, 2.75) is 26.6 Å². The zero-order valence-corrected chi connectivity index (χ0v) is 15.3. The van der Waals surface area contributed by atoms with Gasteiger partial charge in [-0.3, -0.25) is 4.98 Å². The minimum atomic E-state index is -2.83. The van der Waals surface area contributed by atoms with Gasteiger partial charge in [0.15, 0.2) is 5.82 Å². The van der Waals surface area contributed by atoms with Crippen molar-refractivity contribution in [1.82, 2.24) is 9.97 Å². The monoisotopic (exact) mass is 379 g/mol. The van der Waals surface area contributed by atoms with E-state index < -0.39 is 6.61 Å². The molecule has 0 amide bonds. The minimum absolute atomic E-state index is 0.127. The number of nitrogens with zero attached hydrogens (tertiary/aromatic N) is 3. The first-order valence-corrected chi connectivity index (χ1v) is 8.87. The largest absolute Gasteiger partial charge is 0.476 e. The lowest BCUT2D eigenvalue weighted by Gasteiger charge is -2.33. The van der Waals surface area contributed by atoms with Crippen LogP contribution in [0.5, 0.6) is 11.6 Å². The molecular weight excluding hydrogens is 356 g/mol.